The first-order valence-corrected chi connectivity index (χ1v) is 6.10. The maximum atomic E-state index is 12.1. The van der Waals surface area contributed by atoms with Crippen molar-refractivity contribution in [1.82, 2.24) is 9.78 Å². The fraction of sp³-hybridized carbons (Fsp3) is 0.267. The van der Waals surface area contributed by atoms with Gasteiger partial charge in [0.1, 0.15) is 5.69 Å². The molecule has 19 heavy (non-hydrogen) atoms. The number of nitrogens with zero attached hydrogens (tertiary/aromatic N) is 2. The molecule has 1 heterocycles. The van der Waals surface area contributed by atoms with Crippen molar-refractivity contribution in [3.8, 4) is 0 Å². The summed E-state index contributed by atoms with van der Waals surface area (Å²) < 4.78 is 1.57. The van der Waals surface area contributed by atoms with Crippen molar-refractivity contribution in [2.45, 2.75) is 20.3 Å². The number of carbonyl (C=O) groups is 2. The van der Waals surface area contributed by atoms with Crippen LogP contribution in [0, 0.1) is 6.92 Å². The summed E-state index contributed by atoms with van der Waals surface area (Å²) >= 11 is 0. The molecule has 98 valence electrons. The van der Waals surface area contributed by atoms with E-state index in [9.17, 15) is 9.59 Å². The molecule has 2 aromatic rings. The van der Waals surface area contributed by atoms with E-state index < -0.39 is 0 Å². The fourth-order valence-electron chi connectivity index (χ4n) is 2.02. The van der Waals surface area contributed by atoms with Crippen molar-refractivity contribution in [1.29, 1.82) is 0 Å². The molecule has 0 saturated heterocycles. The van der Waals surface area contributed by atoms with Crippen molar-refractivity contribution < 1.29 is 9.59 Å². The number of carbonyl (C=O) groups excluding carboxylic acids is 2. The molecule has 0 spiro atoms. The van der Waals surface area contributed by atoms with Crippen LogP contribution in [0.3, 0.4) is 0 Å². The van der Waals surface area contributed by atoms with E-state index in [1.165, 1.54) is 6.92 Å². The summed E-state index contributed by atoms with van der Waals surface area (Å²) in [5, 5.41) is 3.99. The van der Waals surface area contributed by atoms with Crippen molar-refractivity contribution in [2.24, 2.45) is 7.05 Å². The number of Topliss-reactive ketones (excluding diaryl/α,β-unsaturated/α-hetero) is 2. The van der Waals surface area contributed by atoms with E-state index in [0.717, 1.165) is 11.1 Å². The van der Waals surface area contributed by atoms with E-state index >= 15 is 0 Å². The summed E-state index contributed by atoms with van der Waals surface area (Å²) in [5.74, 6) is 0.0614. The summed E-state index contributed by atoms with van der Waals surface area (Å²) in [6.45, 7) is 3.45. The normalized spacial score (nSPS) is 10.5. The van der Waals surface area contributed by atoms with Gasteiger partial charge in [-0.25, -0.2) is 0 Å². The summed E-state index contributed by atoms with van der Waals surface area (Å²) in [5.41, 5.74) is 3.17. The number of aryl methyl sites for hydroxylation is 2. The van der Waals surface area contributed by atoms with Crippen LogP contribution in [0.5, 0.6) is 0 Å². The Bertz CT molecular complexity index is 641. The minimum Gasteiger partial charge on any atom is -0.295 e. The second-order valence-corrected chi connectivity index (χ2v) is 4.64. The van der Waals surface area contributed by atoms with Crippen LogP contribution in [0.4, 0.5) is 0 Å². The van der Waals surface area contributed by atoms with Crippen LogP contribution in [0.15, 0.2) is 30.5 Å². The van der Waals surface area contributed by atoms with Gasteiger partial charge in [0, 0.05) is 25.2 Å². The van der Waals surface area contributed by atoms with Gasteiger partial charge in [0.2, 0.25) is 0 Å². The Balaban J connectivity index is 2.23. The Morgan fingerprint density at radius 2 is 2.00 bits per heavy atom. The van der Waals surface area contributed by atoms with Crippen molar-refractivity contribution in [3.05, 3.63) is 52.8 Å². The predicted molar refractivity (Wildman–Crippen MR) is 72.4 cm³/mol. The highest BCUT2D eigenvalue weighted by Gasteiger charge is 2.12. The molecule has 0 saturated carbocycles. The Hall–Kier alpha value is -2.23. The molecule has 0 aliphatic carbocycles. The minimum absolute atomic E-state index is 0.0266. The maximum Gasteiger partial charge on any atom is 0.185 e. The monoisotopic (exact) mass is 256 g/mol. The van der Waals surface area contributed by atoms with Crippen LogP contribution < -0.4 is 0 Å². The molecule has 0 aliphatic heterocycles. The molecule has 2 rings (SSSR count). The van der Waals surface area contributed by atoms with E-state index in [2.05, 4.69) is 5.10 Å². The zero-order valence-corrected chi connectivity index (χ0v) is 11.3. The Kier molecular flexibility index (Phi) is 3.60. The lowest BCUT2D eigenvalue weighted by atomic mass is 9.98. The lowest BCUT2D eigenvalue weighted by Crippen LogP contribution is -2.10. The lowest BCUT2D eigenvalue weighted by molar-refractivity contribution is 0.0982. The fourth-order valence-corrected chi connectivity index (χ4v) is 2.02. The van der Waals surface area contributed by atoms with Crippen molar-refractivity contribution in [3.63, 3.8) is 0 Å². The Morgan fingerprint density at radius 3 is 2.53 bits per heavy atom. The van der Waals surface area contributed by atoms with Crippen LogP contribution in [0.25, 0.3) is 0 Å². The highest BCUT2D eigenvalue weighted by Crippen LogP contribution is 2.14. The SMILES string of the molecule is CC(=O)c1ccc(CC(=O)c2ccnn2C)c(C)c1. The van der Waals surface area contributed by atoms with E-state index in [4.69, 9.17) is 0 Å². The van der Waals surface area contributed by atoms with Crippen LogP contribution in [0.1, 0.15) is 38.9 Å². The van der Waals surface area contributed by atoms with Gasteiger partial charge < -0.3 is 0 Å². The summed E-state index contributed by atoms with van der Waals surface area (Å²) in [7, 11) is 1.75. The third kappa shape index (κ3) is 2.78. The Labute approximate surface area is 112 Å². The molecule has 4 heteroatoms. The molecule has 1 aromatic carbocycles. The second-order valence-electron chi connectivity index (χ2n) is 4.64. The topological polar surface area (TPSA) is 52.0 Å². The average Bonchev–Trinajstić information content (AvgIpc) is 2.77. The maximum absolute atomic E-state index is 12.1. The summed E-state index contributed by atoms with van der Waals surface area (Å²) in [4.78, 5) is 23.4. The number of benzene rings is 1. The molecule has 0 N–H and O–H groups in total. The van der Waals surface area contributed by atoms with Gasteiger partial charge in [-0.1, -0.05) is 12.1 Å². The molecule has 0 fully saturated rings. The molecule has 4 nitrogen and oxygen atoms in total. The average molecular weight is 256 g/mol. The van der Waals surface area contributed by atoms with Gasteiger partial charge in [-0.15, -0.1) is 0 Å². The number of ketones is 2. The number of hydrogen-bond acceptors (Lipinski definition) is 3. The van der Waals surface area contributed by atoms with Gasteiger partial charge in [0.05, 0.1) is 0 Å². The van der Waals surface area contributed by atoms with E-state index in [0.29, 0.717) is 17.7 Å². The summed E-state index contributed by atoms with van der Waals surface area (Å²) in [6.07, 6.45) is 1.93. The van der Waals surface area contributed by atoms with Crippen LogP contribution in [0.2, 0.25) is 0 Å². The molecule has 0 unspecified atom stereocenters. The largest absolute Gasteiger partial charge is 0.295 e. The number of rotatable bonds is 4. The molecule has 1 aromatic heterocycles. The van der Waals surface area contributed by atoms with Gasteiger partial charge in [0.15, 0.2) is 11.6 Å². The molecular weight excluding hydrogens is 240 g/mol. The molecule has 0 amide bonds. The van der Waals surface area contributed by atoms with Gasteiger partial charge >= 0.3 is 0 Å². The quantitative estimate of drug-likeness (QED) is 0.789. The first-order chi connectivity index (χ1) is 8.99. The van der Waals surface area contributed by atoms with E-state index in [-0.39, 0.29) is 11.6 Å². The van der Waals surface area contributed by atoms with Crippen molar-refractivity contribution in [2.75, 3.05) is 0 Å². The lowest BCUT2D eigenvalue weighted by Gasteiger charge is -2.07. The first kappa shape index (κ1) is 13.2. The number of aromatic nitrogens is 2. The smallest absolute Gasteiger partial charge is 0.185 e. The van der Waals surface area contributed by atoms with Gasteiger partial charge in [-0.2, -0.15) is 5.10 Å². The van der Waals surface area contributed by atoms with Crippen LogP contribution >= 0.6 is 0 Å². The van der Waals surface area contributed by atoms with Gasteiger partial charge in [-0.3, -0.25) is 14.3 Å². The third-order valence-corrected chi connectivity index (χ3v) is 3.21. The highest BCUT2D eigenvalue weighted by atomic mass is 16.1. The second kappa shape index (κ2) is 5.18. The van der Waals surface area contributed by atoms with Crippen molar-refractivity contribution >= 4 is 11.6 Å². The zero-order chi connectivity index (χ0) is 14.0. The number of hydrogen-bond donors (Lipinski definition) is 0. The molecule has 0 atom stereocenters. The van der Waals surface area contributed by atoms with Crippen LogP contribution in [-0.4, -0.2) is 21.3 Å². The Morgan fingerprint density at radius 1 is 1.26 bits per heavy atom. The third-order valence-electron chi connectivity index (χ3n) is 3.21. The van der Waals surface area contributed by atoms with E-state index in [1.807, 2.05) is 19.1 Å². The highest BCUT2D eigenvalue weighted by molar-refractivity contribution is 5.97. The van der Waals surface area contributed by atoms with Crippen LogP contribution in [-0.2, 0) is 13.5 Å². The van der Waals surface area contributed by atoms with Gasteiger partial charge in [0.25, 0.3) is 0 Å². The predicted octanol–water partition coefficient (Wildman–Crippen LogP) is 2.36. The molecule has 0 bridgehead atoms. The van der Waals surface area contributed by atoms with E-state index in [1.54, 1.807) is 30.1 Å². The molecule has 0 radical (unpaired) electrons. The standard InChI is InChI=1S/C15H16N2O2/c1-10-8-13(11(2)18)5-4-12(10)9-15(19)14-6-7-16-17(14)3/h4-8H,9H2,1-3H3. The molecular formula is C15H16N2O2. The first-order valence-electron chi connectivity index (χ1n) is 6.10. The zero-order valence-electron chi connectivity index (χ0n) is 11.3. The minimum atomic E-state index is 0.0266. The molecule has 0 aliphatic rings. The summed E-state index contributed by atoms with van der Waals surface area (Å²) in [6, 6.07) is 7.15. The van der Waals surface area contributed by atoms with Gasteiger partial charge in [-0.05, 0) is 37.1 Å².